The van der Waals surface area contributed by atoms with Gasteiger partial charge < -0.3 is 14.6 Å². The zero-order chi connectivity index (χ0) is 12.0. The number of hydrogen-bond donors (Lipinski definition) is 1. The second-order valence-corrected chi connectivity index (χ2v) is 3.05. The first-order valence-electron chi connectivity index (χ1n) is 4.88. The van der Waals surface area contributed by atoms with Gasteiger partial charge in [0.2, 0.25) is 0 Å². The Bertz CT molecular complexity index is 396. The molecule has 0 aliphatic rings. The van der Waals surface area contributed by atoms with Crippen molar-refractivity contribution in [3.05, 3.63) is 29.8 Å². The normalized spacial score (nSPS) is 10.4. The third-order valence-corrected chi connectivity index (χ3v) is 1.85. The molecule has 0 saturated carbocycles. The standard InChI is InChI=1S/C12H14O4/c1-3-16-12(14)5-4-9-6-10(13)8-11(7-9)15-2/h4-8,13H,3H2,1-2H3/b5-4-. The second kappa shape index (κ2) is 5.80. The van der Waals surface area contributed by atoms with Crippen molar-refractivity contribution < 1.29 is 19.4 Å². The van der Waals surface area contributed by atoms with Crippen molar-refractivity contribution in [2.45, 2.75) is 6.92 Å². The van der Waals surface area contributed by atoms with Gasteiger partial charge in [-0.25, -0.2) is 4.79 Å². The van der Waals surface area contributed by atoms with E-state index in [2.05, 4.69) is 0 Å². The van der Waals surface area contributed by atoms with E-state index in [1.54, 1.807) is 19.1 Å². The van der Waals surface area contributed by atoms with Gasteiger partial charge in [-0.15, -0.1) is 0 Å². The van der Waals surface area contributed by atoms with Gasteiger partial charge in [0.1, 0.15) is 11.5 Å². The summed E-state index contributed by atoms with van der Waals surface area (Å²) in [6, 6.07) is 4.72. The lowest BCUT2D eigenvalue weighted by molar-refractivity contribution is -0.137. The fourth-order valence-corrected chi connectivity index (χ4v) is 1.17. The minimum atomic E-state index is -0.412. The molecule has 86 valence electrons. The molecule has 0 aromatic heterocycles. The summed E-state index contributed by atoms with van der Waals surface area (Å²) in [7, 11) is 1.51. The Labute approximate surface area is 94.1 Å². The largest absolute Gasteiger partial charge is 0.508 e. The average Bonchev–Trinajstić information content (AvgIpc) is 2.26. The first kappa shape index (κ1) is 12.1. The minimum absolute atomic E-state index is 0.0860. The van der Waals surface area contributed by atoms with Crippen LogP contribution in [-0.4, -0.2) is 24.8 Å². The molecule has 4 heteroatoms. The van der Waals surface area contributed by atoms with Crippen LogP contribution in [0.3, 0.4) is 0 Å². The van der Waals surface area contributed by atoms with E-state index >= 15 is 0 Å². The van der Waals surface area contributed by atoms with Gasteiger partial charge in [-0.1, -0.05) is 0 Å². The molecule has 0 bridgehead atoms. The second-order valence-electron chi connectivity index (χ2n) is 3.05. The van der Waals surface area contributed by atoms with Crippen LogP contribution >= 0.6 is 0 Å². The fraction of sp³-hybridized carbons (Fsp3) is 0.250. The number of esters is 1. The summed E-state index contributed by atoms with van der Waals surface area (Å²) in [6.07, 6.45) is 2.86. The molecule has 0 atom stereocenters. The molecule has 0 unspecified atom stereocenters. The Balaban J connectivity index is 2.80. The number of rotatable bonds is 4. The van der Waals surface area contributed by atoms with E-state index in [0.29, 0.717) is 17.9 Å². The zero-order valence-corrected chi connectivity index (χ0v) is 9.27. The Kier molecular flexibility index (Phi) is 4.39. The van der Waals surface area contributed by atoms with Gasteiger partial charge in [-0.05, 0) is 30.7 Å². The molecule has 0 saturated heterocycles. The summed E-state index contributed by atoms with van der Waals surface area (Å²) in [6.45, 7) is 2.08. The predicted molar refractivity (Wildman–Crippen MR) is 60.3 cm³/mol. The highest BCUT2D eigenvalue weighted by Gasteiger charge is 1.99. The number of methoxy groups -OCH3 is 1. The Hall–Kier alpha value is -1.97. The number of carbonyl (C=O) groups excluding carboxylic acids is 1. The Morgan fingerprint density at radius 3 is 2.81 bits per heavy atom. The number of benzene rings is 1. The SMILES string of the molecule is CCOC(=O)/C=C\c1cc(O)cc(OC)c1. The number of phenolic OH excluding ortho intramolecular Hbond substituents is 1. The van der Waals surface area contributed by atoms with Gasteiger partial charge in [0, 0.05) is 12.1 Å². The van der Waals surface area contributed by atoms with E-state index in [-0.39, 0.29) is 5.75 Å². The summed E-state index contributed by atoms with van der Waals surface area (Å²) < 4.78 is 9.71. The molecule has 0 heterocycles. The highest BCUT2D eigenvalue weighted by Crippen LogP contribution is 2.22. The molecule has 0 spiro atoms. The van der Waals surface area contributed by atoms with E-state index in [4.69, 9.17) is 9.47 Å². The summed E-state index contributed by atoms with van der Waals surface area (Å²) in [4.78, 5) is 11.1. The molecule has 1 rings (SSSR count). The third kappa shape index (κ3) is 3.65. The Morgan fingerprint density at radius 2 is 2.19 bits per heavy atom. The van der Waals surface area contributed by atoms with Gasteiger partial charge in [0.25, 0.3) is 0 Å². The molecule has 0 radical (unpaired) electrons. The summed E-state index contributed by atoms with van der Waals surface area (Å²) in [5.41, 5.74) is 0.671. The van der Waals surface area contributed by atoms with Gasteiger partial charge in [0.15, 0.2) is 0 Å². The monoisotopic (exact) mass is 222 g/mol. The van der Waals surface area contributed by atoms with Crippen LogP contribution in [0, 0.1) is 0 Å². The van der Waals surface area contributed by atoms with Crippen LogP contribution < -0.4 is 4.74 Å². The van der Waals surface area contributed by atoms with Crippen molar-refractivity contribution in [1.29, 1.82) is 0 Å². The van der Waals surface area contributed by atoms with E-state index in [9.17, 15) is 9.90 Å². The van der Waals surface area contributed by atoms with Crippen molar-refractivity contribution >= 4 is 12.0 Å². The van der Waals surface area contributed by atoms with E-state index < -0.39 is 5.97 Å². The summed E-state index contributed by atoms with van der Waals surface area (Å²) in [5, 5.41) is 9.36. The van der Waals surface area contributed by atoms with Gasteiger partial charge in [-0.2, -0.15) is 0 Å². The lowest BCUT2D eigenvalue weighted by Gasteiger charge is -2.02. The number of aromatic hydroxyl groups is 1. The molecular formula is C12H14O4. The highest BCUT2D eigenvalue weighted by molar-refractivity contribution is 5.87. The zero-order valence-electron chi connectivity index (χ0n) is 9.27. The topological polar surface area (TPSA) is 55.8 Å². The molecule has 0 aliphatic heterocycles. The van der Waals surface area contributed by atoms with Crippen LogP contribution in [0.2, 0.25) is 0 Å². The Morgan fingerprint density at radius 1 is 1.44 bits per heavy atom. The van der Waals surface area contributed by atoms with Crippen LogP contribution in [0.15, 0.2) is 24.3 Å². The fourth-order valence-electron chi connectivity index (χ4n) is 1.17. The van der Waals surface area contributed by atoms with Crippen molar-refractivity contribution in [2.24, 2.45) is 0 Å². The number of hydrogen-bond acceptors (Lipinski definition) is 4. The van der Waals surface area contributed by atoms with E-state index in [1.807, 2.05) is 0 Å². The van der Waals surface area contributed by atoms with Crippen LogP contribution in [0.5, 0.6) is 11.5 Å². The maximum absolute atomic E-state index is 11.1. The first-order chi connectivity index (χ1) is 7.65. The number of carbonyl (C=O) groups is 1. The van der Waals surface area contributed by atoms with Gasteiger partial charge >= 0.3 is 5.97 Å². The maximum atomic E-state index is 11.1. The van der Waals surface area contributed by atoms with Crippen LogP contribution in [0.25, 0.3) is 6.08 Å². The summed E-state index contributed by atoms with van der Waals surface area (Å²) in [5.74, 6) is 0.205. The highest BCUT2D eigenvalue weighted by atomic mass is 16.5. The van der Waals surface area contributed by atoms with Crippen LogP contribution in [0.1, 0.15) is 12.5 Å². The third-order valence-electron chi connectivity index (χ3n) is 1.85. The molecular weight excluding hydrogens is 208 g/mol. The molecule has 0 fully saturated rings. The maximum Gasteiger partial charge on any atom is 0.330 e. The van der Waals surface area contributed by atoms with Gasteiger partial charge in [0.05, 0.1) is 13.7 Å². The lowest BCUT2D eigenvalue weighted by Crippen LogP contribution is -1.98. The number of ether oxygens (including phenoxy) is 2. The smallest absolute Gasteiger partial charge is 0.330 e. The summed E-state index contributed by atoms with van der Waals surface area (Å²) >= 11 is 0. The quantitative estimate of drug-likeness (QED) is 0.625. The van der Waals surface area contributed by atoms with E-state index in [0.717, 1.165) is 0 Å². The first-order valence-corrected chi connectivity index (χ1v) is 4.88. The molecule has 0 aliphatic carbocycles. The predicted octanol–water partition coefficient (Wildman–Crippen LogP) is 1.98. The average molecular weight is 222 g/mol. The molecule has 1 N–H and O–H groups in total. The molecule has 1 aromatic rings. The van der Waals surface area contributed by atoms with Crippen LogP contribution in [0.4, 0.5) is 0 Å². The molecule has 16 heavy (non-hydrogen) atoms. The van der Waals surface area contributed by atoms with Gasteiger partial charge in [-0.3, -0.25) is 0 Å². The van der Waals surface area contributed by atoms with Crippen molar-refractivity contribution in [3.8, 4) is 11.5 Å². The van der Waals surface area contributed by atoms with Crippen molar-refractivity contribution in [1.82, 2.24) is 0 Å². The molecule has 0 amide bonds. The molecule has 1 aromatic carbocycles. The van der Waals surface area contributed by atoms with E-state index in [1.165, 1.54) is 25.3 Å². The van der Waals surface area contributed by atoms with Crippen LogP contribution in [-0.2, 0) is 9.53 Å². The lowest BCUT2D eigenvalue weighted by atomic mass is 10.2. The number of phenols is 1. The van der Waals surface area contributed by atoms with Crippen molar-refractivity contribution in [2.75, 3.05) is 13.7 Å². The molecule has 4 nitrogen and oxygen atoms in total. The van der Waals surface area contributed by atoms with Crippen molar-refractivity contribution in [3.63, 3.8) is 0 Å². The minimum Gasteiger partial charge on any atom is -0.508 e.